The molecule has 8 heteroatoms. The number of benzene rings is 3. The van der Waals surface area contributed by atoms with E-state index in [-0.39, 0.29) is 18.9 Å². The zero-order chi connectivity index (χ0) is 23.3. The first kappa shape index (κ1) is 21.6. The summed E-state index contributed by atoms with van der Waals surface area (Å²) in [6.07, 6.45) is 1.26. The quantitative estimate of drug-likeness (QED) is 0.369. The van der Waals surface area contributed by atoms with E-state index in [9.17, 15) is 4.79 Å². The van der Waals surface area contributed by atoms with Gasteiger partial charge in [0, 0.05) is 6.54 Å². The Bertz CT molecular complexity index is 1250. The molecule has 1 unspecified atom stereocenters. The molecule has 0 radical (unpaired) electrons. The third kappa shape index (κ3) is 4.91. The van der Waals surface area contributed by atoms with Gasteiger partial charge in [0.25, 0.3) is 0 Å². The number of ether oxygens (including phenoxy) is 3. The van der Waals surface area contributed by atoms with Gasteiger partial charge in [-0.3, -0.25) is 0 Å². The first-order chi connectivity index (χ1) is 16.7. The molecule has 3 aromatic carbocycles. The van der Waals surface area contributed by atoms with Gasteiger partial charge in [-0.05, 0) is 60.4 Å². The molecular formula is C26H26N4O4. The summed E-state index contributed by atoms with van der Waals surface area (Å²) in [5, 5.41) is 6.03. The molecule has 0 fully saturated rings. The van der Waals surface area contributed by atoms with Crippen LogP contribution < -0.4 is 24.8 Å². The van der Waals surface area contributed by atoms with Crippen LogP contribution in [0.25, 0.3) is 11.0 Å². The normalized spacial score (nSPS) is 13.0. The Morgan fingerprint density at radius 2 is 1.85 bits per heavy atom. The Morgan fingerprint density at radius 3 is 2.68 bits per heavy atom. The molecule has 0 aliphatic carbocycles. The van der Waals surface area contributed by atoms with Crippen molar-refractivity contribution in [2.45, 2.75) is 18.9 Å². The topological polar surface area (TPSA) is 97.5 Å². The van der Waals surface area contributed by atoms with E-state index in [0.717, 1.165) is 39.4 Å². The van der Waals surface area contributed by atoms with E-state index in [1.165, 1.54) is 0 Å². The lowest BCUT2D eigenvalue weighted by molar-refractivity contribution is 0.174. The maximum absolute atomic E-state index is 12.8. The van der Waals surface area contributed by atoms with Crippen LogP contribution in [-0.2, 0) is 12.8 Å². The fourth-order valence-corrected chi connectivity index (χ4v) is 3.98. The summed E-state index contributed by atoms with van der Waals surface area (Å²) in [6, 6.07) is 20.9. The number of hydrogen-bond acceptors (Lipinski definition) is 5. The second-order valence-electron chi connectivity index (χ2n) is 8.08. The van der Waals surface area contributed by atoms with Gasteiger partial charge in [-0.1, -0.05) is 30.3 Å². The molecule has 0 saturated carbocycles. The minimum absolute atomic E-state index is 0.247. The van der Waals surface area contributed by atoms with Crippen LogP contribution in [0.4, 0.5) is 4.79 Å². The molecule has 1 atom stereocenters. The number of carbonyl (C=O) groups excluding carboxylic acids is 1. The molecule has 0 spiro atoms. The highest BCUT2D eigenvalue weighted by Crippen LogP contribution is 2.32. The molecule has 1 aromatic heterocycles. The van der Waals surface area contributed by atoms with Crippen molar-refractivity contribution in [3.63, 3.8) is 0 Å². The number of para-hydroxylation sites is 2. The van der Waals surface area contributed by atoms with Gasteiger partial charge in [-0.2, -0.15) is 0 Å². The van der Waals surface area contributed by atoms with E-state index < -0.39 is 0 Å². The summed E-state index contributed by atoms with van der Waals surface area (Å²) in [7, 11) is 1.64. The fraction of sp³-hybridized carbons (Fsp3) is 0.231. The van der Waals surface area contributed by atoms with Crippen LogP contribution >= 0.6 is 0 Å². The van der Waals surface area contributed by atoms with E-state index in [4.69, 9.17) is 19.2 Å². The van der Waals surface area contributed by atoms with E-state index in [0.29, 0.717) is 25.2 Å². The number of methoxy groups -OCH3 is 1. The van der Waals surface area contributed by atoms with Gasteiger partial charge in [0.2, 0.25) is 6.79 Å². The summed E-state index contributed by atoms with van der Waals surface area (Å²) in [5.41, 5.74) is 3.92. The van der Waals surface area contributed by atoms with Gasteiger partial charge in [0.15, 0.2) is 11.5 Å². The molecular weight excluding hydrogens is 432 g/mol. The second kappa shape index (κ2) is 9.74. The molecule has 5 rings (SSSR count). The number of nitrogens with one attached hydrogen (secondary N) is 3. The number of H-pyrrole nitrogens is 1. The summed E-state index contributed by atoms with van der Waals surface area (Å²) in [4.78, 5) is 20.8. The van der Waals surface area contributed by atoms with Crippen molar-refractivity contribution in [2.24, 2.45) is 0 Å². The lowest BCUT2D eigenvalue weighted by Gasteiger charge is -2.18. The maximum atomic E-state index is 12.8. The van der Waals surface area contributed by atoms with Crippen molar-refractivity contribution < 1.29 is 19.0 Å². The van der Waals surface area contributed by atoms with E-state index >= 15 is 0 Å². The average molecular weight is 459 g/mol. The van der Waals surface area contributed by atoms with Gasteiger partial charge < -0.3 is 29.8 Å². The summed E-state index contributed by atoms with van der Waals surface area (Å²) < 4.78 is 16.0. The molecule has 2 heterocycles. The average Bonchev–Trinajstić information content (AvgIpc) is 3.51. The summed E-state index contributed by atoms with van der Waals surface area (Å²) in [6.45, 7) is 0.734. The smallest absolute Gasteiger partial charge is 0.315 e. The number of fused-ring (bicyclic) bond motifs is 2. The Hall–Kier alpha value is -4.20. The van der Waals surface area contributed by atoms with Crippen LogP contribution in [-0.4, -0.2) is 36.4 Å². The molecule has 1 aliphatic rings. The zero-order valence-electron chi connectivity index (χ0n) is 18.8. The molecule has 174 valence electrons. The predicted molar refractivity (Wildman–Crippen MR) is 128 cm³/mol. The van der Waals surface area contributed by atoms with E-state index in [1.54, 1.807) is 7.11 Å². The Kier molecular flexibility index (Phi) is 6.20. The Balaban J connectivity index is 1.25. The van der Waals surface area contributed by atoms with Crippen molar-refractivity contribution in [3.8, 4) is 17.2 Å². The van der Waals surface area contributed by atoms with Gasteiger partial charge in [0.05, 0.1) is 24.2 Å². The monoisotopic (exact) mass is 458 g/mol. The SMILES string of the molecule is COc1ccc(CC(NC(=O)NCCc2ccc3c(c2)OCO3)c2nc3ccccc3[nH]2)cc1. The van der Waals surface area contributed by atoms with Gasteiger partial charge in [-0.25, -0.2) is 9.78 Å². The maximum Gasteiger partial charge on any atom is 0.315 e. The van der Waals surface area contributed by atoms with Crippen LogP contribution in [0.15, 0.2) is 66.7 Å². The highest BCUT2D eigenvalue weighted by Gasteiger charge is 2.19. The van der Waals surface area contributed by atoms with Crippen molar-refractivity contribution in [2.75, 3.05) is 20.4 Å². The first-order valence-electron chi connectivity index (χ1n) is 11.2. The first-order valence-corrected chi connectivity index (χ1v) is 11.2. The number of amides is 2. The lowest BCUT2D eigenvalue weighted by Crippen LogP contribution is -2.40. The second-order valence-corrected chi connectivity index (χ2v) is 8.08. The minimum Gasteiger partial charge on any atom is -0.497 e. The van der Waals surface area contributed by atoms with E-state index in [1.807, 2.05) is 66.7 Å². The standard InChI is InChI=1S/C26H26N4O4/c1-32-19-9-6-17(7-10-19)14-22(25-28-20-4-2-3-5-21(20)29-25)30-26(31)27-13-12-18-8-11-23-24(15-18)34-16-33-23/h2-11,15,22H,12-14,16H2,1H3,(H,28,29)(H2,27,30,31). The summed E-state index contributed by atoms with van der Waals surface area (Å²) >= 11 is 0. The van der Waals surface area contributed by atoms with Crippen molar-refractivity contribution in [1.82, 2.24) is 20.6 Å². The molecule has 34 heavy (non-hydrogen) atoms. The summed E-state index contributed by atoms with van der Waals surface area (Å²) in [5.74, 6) is 2.99. The number of aromatic nitrogens is 2. The highest BCUT2D eigenvalue weighted by atomic mass is 16.7. The number of carbonyl (C=O) groups is 1. The van der Waals surface area contributed by atoms with E-state index in [2.05, 4.69) is 15.6 Å². The zero-order valence-corrected chi connectivity index (χ0v) is 18.8. The van der Waals surface area contributed by atoms with Gasteiger partial charge in [-0.15, -0.1) is 0 Å². The molecule has 4 aromatic rings. The van der Waals surface area contributed by atoms with Crippen molar-refractivity contribution >= 4 is 17.1 Å². The van der Waals surface area contributed by atoms with Crippen LogP contribution in [0.1, 0.15) is 23.0 Å². The molecule has 0 saturated heterocycles. The van der Waals surface area contributed by atoms with Crippen molar-refractivity contribution in [1.29, 1.82) is 0 Å². The highest BCUT2D eigenvalue weighted by molar-refractivity contribution is 5.76. The number of hydrogen-bond donors (Lipinski definition) is 3. The predicted octanol–water partition coefficient (Wildman–Crippen LogP) is 4.13. The van der Waals surface area contributed by atoms with Crippen LogP contribution in [0, 0.1) is 0 Å². The Morgan fingerprint density at radius 1 is 1.06 bits per heavy atom. The lowest BCUT2D eigenvalue weighted by atomic mass is 10.1. The molecule has 3 N–H and O–H groups in total. The number of nitrogens with zero attached hydrogens (tertiary/aromatic N) is 1. The molecule has 2 amide bonds. The number of imidazole rings is 1. The van der Waals surface area contributed by atoms with Crippen LogP contribution in [0.3, 0.4) is 0 Å². The number of urea groups is 1. The molecule has 1 aliphatic heterocycles. The van der Waals surface area contributed by atoms with Gasteiger partial charge in [0.1, 0.15) is 11.6 Å². The number of aromatic amines is 1. The van der Waals surface area contributed by atoms with Crippen LogP contribution in [0.2, 0.25) is 0 Å². The molecule has 0 bridgehead atoms. The third-order valence-corrected chi connectivity index (χ3v) is 5.78. The third-order valence-electron chi connectivity index (χ3n) is 5.78. The Labute approximate surface area is 197 Å². The largest absolute Gasteiger partial charge is 0.497 e. The minimum atomic E-state index is -0.327. The fourth-order valence-electron chi connectivity index (χ4n) is 3.98. The van der Waals surface area contributed by atoms with Gasteiger partial charge >= 0.3 is 6.03 Å². The van der Waals surface area contributed by atoms with Crippen LogP contribution in [0.5, 0.6) is 17.2 Å². The molecule has 8 nitrogen and oxygen atoms in total. The van der Waals surface area contributed by atoms with Crippen molar-refractivity contribution in [3.05, 3.63) is 83.7 Å². The number of rotatable bonds is 8.